The van der Waals surface area contributed by atoms with Crippen molar-refractivity contribution in [1.29, 1.82) is 0 Å². The van der Waals surface area contributed by atoms with Crippen LogP contribution in [0.2, 0.25) is 5.02 Å². The largest absolute Gasteiger partial charge is 0.289 e. The lowest BCUT2D eigenvalue weighted by atomic mass is 10.1. The number of hydrogen-bond donors (Lipinski definition) is 0. The molecule has 0 radical (unpaired) electrons. The number of rotatable bonds is 4. The number of nitrogens with zero attached hydrogens (tertiary/aromatic N) is 1. The number of halogens is 2. The van der Waals surface area contributed by atoms with Gasteiger partial charge in [-0.2, -0.15) is 0 Å². The summed E-state index contributed by atoms with van der Waals surface area (Å²) in [5, 5.41) is 10.9. The summed E-state index contributed by atoms with van der Waals surface area (Å²) in [5.41, 5.74) is 1.20. The molecule has 6 heteroatoms. The molecule has 0 aliphatic rings. The van der Waals surface area contributed by atoms with E-state index < -0.39 is 16.5 Å². The van der Waals surface area contributed by atoms with Crippen LogP contribution in [0.15, 0.2) is 42.5 Å². The van der Waals surface area contributed by atoms with Crippen LogP contribution in [-0.4, -0.2) is 10.7 Å². The molecule has 0 N–H and O–H groups in total. The number of allylic oxidation sites excluding steroid dienone is 1. The molecule has 112 valence electrons. The molecule has 0 unspecified atom stereocenters. The van der Waals surface area contributed by atoms with Gasteiger partial charge in [0.2, 0.25) is 0 Å². The Hall–Kier alpha value is -2.53. The highest BCUT2D eigenvalue weighted by atomic mass is 35.5. The van der Waals surface area contributed by atoms with Crippen LogP contribution >= 0.6 is 11.6 Å². The summed E-state index contributed by atoms with van der Waals surface area (Å²) in [7, 11) is 0. The molecule has 0 atom stereocenters. The van der Waals surface area contributed by atoms with Gasteiger partial charge in [-0.25, -0.2) is 4.39 Å². The molecule has 4 nitrogen and oxygen atoms in total. The van der Waals surface area contributed by atoms with Gasteiger partial charge in [-0.3, -0.25) is 14.9 Å². The third-order valence-corrected chi connectivity index (χ3v) is 3.37. The molecule has 0 spiro atoms. The minimum absolute atomic E-state index is 0.0181. The van der Waals surface area contributed by atoms with Gasteiger partial charge in [0, 0.05) is 17.2 Å². The summed E-state index contributed by atoms with van der Waals surface area (Å²) < 4.78 is 12.9. The molecular weight excluding hydrogens is 309 g/mol. The molecule has 0 heterocycles. The lowest BCUT2D eigenvalue weighted by Crippen LogP contribution is -1.96. The van der Waals surface area contributed by atoms with Gasteiger partial charge in [0.15, 0.2) is 5.78 Å². The van der Waals surface area contributed by atoms with E-state index in [9.17, 15) is 19.3 Å². The maximum absolute atomic E-state index is 12.9. The molecule has 0 aliphatic carbocycles. The van der Waals surface area contributed by atoms with Gasteiger partial charge in [-0.15, -0.1) is 0 Å². The van der Waals surface area contributed by atoms with Crippen molar-refractivity contribution in [2.45, 2.75) is 6.92 Å². The SMILES string of the molecule is Cc1ccc(/C=C/C(=O)c2ccc(F)cc2Cl)cc1[N+](=O)[O-]. The van der Waals surface area contributed by atoms with Crippen LogP contribution in [0.5, 0.6) is 0 Å². The highest BCUT2D eigenvalue weighted by Gasteiger charge is 2.11. The number of ketones is 1. The van der Waals surface area contributed by atoms with Crippen molar-refractivity contribution in [1.82, 2.24) is 0 Å². The molecule has 0 amide bonds. The topological polar surface area (TPSA) is 60.2 Å². The van der Waals surface area contributed by atoms with Crippen LogP contribution in [0.3, 0.4) is 0 Å². The summed E-state index contributed by atoms with van der Waals surface area (Å²) >= 11 is 5.81. The second-order valence-corrected chi connectivity index (χ2v) is 5.03. The first-order valence-corrected chi connectivity index (χ1v) is 6.69. The number of nitro benzene ring substituents is 1. The number of carbonyl (C=O) groups is 1. The van der Waals surface area contributed by atoms with Gasteiger partial charge < -0.3 is 0 Å². The highest BCUT2D eigenvalue weighted by molar-refractivity contribution is 6.34. The van der Waals surface area contributed by atoms with E-state index in [4.69, 9.17) is 11.6 Å². The average Bonchev–Trinajstić information content (AvgIpc) is 2.45. The van der Waals surface area contributed by atoms with Gasteiger partial charge >= 0.3 is 0 Å². The fourth-order valence-corrected chi connectivity index (χ4v) is 2.14. The number of aryl methyl sites for hydroxylation is 1. The molecule has 0 saturated carbocycles. The summed E-state index contributed by atoms with van der Waals surface area (Å²) in [6.45, 7) is 1.63. The summed E-state index contributed by atoms with van der Waals surface area (Å²) in [6, 6.07) is 8.14. The van der Waals surface area contributed by atoms with E-state index in [1.54, 1.807) is 19.1 Å². The Morgan fingerprint density at radius 1 is 1.27 bits per heavy atom. The summed E-state index contributed by atoms with van der Waals surface area (Å²) in [6.07, 6.45) is 2.70. The molecule has 0 saturated heterocycles. The first-order valence-electron chi connectivity index (χ1n) is 6.31. The third-order valence-electron chi connectivity index (χ3n) is 3.05. The van der Waals surface area contributed by atoms with Gasteiger partial charge in [0.25, 0.3) is 5.69 Å². The van der Waals surface area contributed by atoms with Crippen LogP contribution in [0.1, 0.15) is 21.5 Å². The number of hydrogen-bond acceptors (Lipinski definition) is 3. The predicted octanol–water partition coefficient (Wildman–Crippen LogP) is 4.59. The zero-order chi connectivity index (χ0) is 16.3. The minimum Gasteiger partial charge on any atom is -0.289 e. The molecule has 2 aromatic carbocycles. The Morgan fingerprint density at radius 2 is 2.00 bits per heavy atom. The molecule has 0 aliphatic heterocycles. The number of carbonyl (C=O) groups excluding carboxylic acids is 1. The highest BCUT2D eigenvalue weighted by Crippen LogP contribution is 2.21. The van der Waals surface area contributed by atoms with Crippen molar-refractivity contribution in [2.75, 3.05) is 0 Å². The molecular formula is C16H11ClFNO3. The first kappa shape index (κ1) is 15.9. The minimum atomic E-state index is -0.528. The van der Waals surface area contributed by atoms with E-state index >= 15 is 0 Å². The quantitative estimate of drug-likeness (QED) is 0.358. The first-order chi connectivity index (χ1) is 10.4. The standard InChI is InChI=1S/C16H11ClFNO3/c1-10-2-3-11(8-15(10)19(21)22)4-7-16(20)13-6-5-12(18)9-14(13)17/h2-9H,1H3/b7-4+. The van der Waals surface area contributed by atoms with Crippen molar-refractivity contribution < 1.29 is 14.1 Å². The molecule has 2 rings (SSSR count). The Labute approximate surface area is 131 Å². The van der Waals surface area contributed by atoms with E-state index in [0.29, 0.717) is 11.1 Å². The zero-order valence-electron chi connectivity index (χ0n) is 11.5. The predicted molar refractivity (Wildman–Crippen MR) is 82.6 cm³/mol. The summed E-state index contributed by atoms with van der Waals surface area (Å²) in [4.78, 5) is 22.4. The van der Waals surface area contributed by atoms with Gasteiger partial charge in [-0.1, -0.05) is 29.8 Å². The smallest absolute Gasteiger partial charge is 0.272 e. The third kappa shape index (κ3) is 3.56. The van der Waals surface area contributed by atoms with Crippen molar-refractivity contribution >= 4 is 29.1 Å². The van der Waals surface area contributed by atoms with Crippen molar-refractivity contribution in [3.8, 4) is 0 Å². The van der Waals surface area contributed by atoms with E-state index in [1.165, 1.54) is 24.3 Å². The van der Waals surface area contributed by atoms with Crippen molar-refractivity contribution in [3.63, 3.8) is 0 Å². The van der Waals surface area contributed by atoms with Gasteiger partial charge in [0.05, 0.1) is 9.95 Å². The van der Waals surface area contributed by atoms with Crippen molar-refractivity contribution in [3.05, 3.63) is 80.1 Å². The van der Waals surface area contributed by atoms with E-state index in [-0.39, 0.29) is 16.3 Å². The molecule has 22 heavy (non-hydrogen) atoms. The van der Waals surface area contributed by atoms with Crippen LogP contribution in [0.25, 0.3) is 6.08 Å². The van der Waals surface area contributed by atoms with Crippen LogP contribution in [-0.2, 0) is 0 Å². The average molecular weight is 320 g/mol. The second-order valence-electron chi connectivity index (χ2n) is 4.62. The fraction of sp³-hybridized carbons (Fsp3) is 0.0625. The molecule has 2 aromatic rings. The Morgan fingerprint density at radius 3 is 2.64 bits per heavy atom. The van der Waals surface area contributed by atoms with E-state index in [1.807, 2.05) is 0 Å². The Kier molecular flexibility index (Phi) is 4.68. The fourth-order valence-electron chi connectivity index (χ4n) is 1.88. The second kappa shape index (κ2) is 6.49. The molecule has 0 fully saturated rings. The van der Waals surface area contributed by atoms with Crippen molar-refractivity contribution in [2.24, 2.45) is 0 Å². The zero-order valence-corrected chi connectivity index (χ0v) is 12.3. The summed E-state index contributed by atoms with van der Waals surface area (Å²) in [5.74, 6) is -0.937. The lowest BCUT2D eigenvalue weighted by molar-refractivity contribution is -0.385. The number of benzene rings is 2. The normalized spacial score (nSPS) is 10.9. The van der Waals surface area contributed by atoms with Gasteiger partial charge in [0.1, 0.15) is 5.82 Å². The molecule has 0 aromatic heterocycles. The van der Waals surface area contributed by atoms with E-state index in [2.05, 4.69) is 0 Å². The maximum Gasteiger partial charge on any atom is 0.272 e. The number of nitro groups is 1. The monoisotopic (exact) mass is 319 g/mol. The maximum atomic E-state index is 12.9. The van der Waals surface area contributed by atoms with Crippen LogP contribution in [0, 0.1) is 22.9 Å². The Bertz CT molecular complexity index is 787. The Balaban J connectivity index is 2.26. The van der Waals surface area contributed by atoms with Gasteiger partial charge in [-0.05, 0) is 36.8 Å². The van der Waals surface area contributed by atoms with Crippen LogP contribution in [0.4, 0.5) is 10.1 Å². The lowest BCUT2D eigenvalue weighted by Gasteiger charge is -2.00. The molecule has 0 bridgehead atoms. The van der Waals surface area contributed by atoms with E-state index in [0.717, 1.165) is 12.1 Å². The van der Waals surface area contributed by atoms with Crippen LogP contribution < -0.4 is 0 Å².